The number of nitro groups is 1. The number of carbonyl (C=O) groups is 1. The molecule has 1 aromatic rings. The summed E-state index contributed by atoms with van der Waals surface area (Å²) in [4.78, 5) is 21.2. The molecule has 0 aliphatic heterocycles. The van der Waals surface area contributed by atoms with Gasteiger partial charge in [-0.15, -0.1) is 0 Å². The van der Waals surface area contributed by atoms with Crippen LogP contribution in [0.15, 0.2) is 29.2 Å². The van der Waals surface area contributed by atoms with E-state index in [9.17, 15) is 19.1 Å². The summed E-state index contributed by atoms with van der Waals surface area (Å²) in [5, 5.41) is 18.5. The maximum atomic E-state index is 12.0. The van der Waals surface area contributed by atoms with Crippen LogP contribution in [0.5, 0.6) is 0 Å². The quantitative estimate of drug-likeness (QED) is 0.630. The fourth-order valence-corrected chi connectivity index (χ4v) is 2.82. The molecule has 2 atom stereocenters. The number of nitrogens with zero attached hydrogens (tertiary/aromatic N) is 1. The first-order valence-corrected chi connectivity index (χ1v) is 6.56. The van der Waals surface area contributed by atoms with E-state index < -0.39 is 26.9 Å². The zero-order chi connectivity index (χ0) is 13.7. The minimum absolute atomic E-state index is 0.113. The van der Waals surface area contributed by atoms with Gasteiger partial charge in [-0.25, -0.2) is 0 Å². The van der Waals surface area contributed by atoms with Crippen LogP contribution in [0, 0.1) is 10.1 Å². The second kappa shape index (κ2) is 6.25. The van der Waals surface area contributed by atoms with Gasteiger partial charge in [-0.1, -0.05) is 13.3 Å². The zero-order valence-electron chi connectivity index (χ0n) is 9.74. The molecule has 0 saturated heterocycles. The zero-order valence-corrected chi connectivity index (χ0v) is 10.6. The number of rotatable bonds is 6. The molecule has 0 bridgehead atoms. The largest absolute Gasteiger partial charge is 0.480 e. The van der Waals surface area contributed by atoms with Gasteiger partial charge < -0.3 is 5.11 Å². The average molecular weight is 271 g/mol. The van der Waals surface area contributed by atoms with Crippen molar-refractivity contribution in [2.75, 3.05) is 0 Å². The van der Waals surface area contributed by atoms with Crippen molar-refractivity contribution in [1.82, 2.24) is 0 Å². The molecule has 6 nitrogen and oxygen atoms in total. The molecular weight excluding hydrogens is 258 g/mol. The Balaban J connectivity index is 2.95. The fourth-order valence-electron chi connectivity index (χ4n) is 1.45. The van der Waals surface area contributed by atoms with E-state index in [0.29, 0.717) is 17.7 Å². The number of carboxylic acid groups (broad SMARTS) is 1. The van der Waals surface area contributed by atoms with Crippen molar-refractivity contribution >= 4 is 22.5 Å². The van der Waals surface area contributed by atoms with E-state index >= 15 is 0 Å². The van der Waals surface area contributed by atoms with Crippen molar-refractivity contribution in [3.8, 4) is 0 Å². The number of hydrogen-bond donors (Lipinski definition) is 1. The van der Waals surface area contributed by atoms with Gasteiger partial charge in [0.2, 0.25) is 0 Å². The summed E-state index contributed by atoms with van der Waals surface area (Å²) < 4.78 is 12.0. The second-order valence-corrected chi connectivity index (χ2v) is 5.30. The van der Waals surface area contributed by atoms with Crippen molar-refractivity contribution in [3.63, 3.8) is 0 Å². The molecule has 18 heavy (non-hydrogen) atoms. The average Bonchev–Trinajstić information content (AvgIpc) is 2.35. The number of hydrogen-bond acceptors (Lipinski definition) is 4. The van der Waals surface area contributed by atoms with Gasteiger partial charge in [0.05, 0.1) is 15.7 Å². The lowest BCUT2D eigenvalue weighted by molar-refractivity contribution is -0.384. The summed E-state index contributed by atoms with van der Waals surface area (Å²) in [6.45, 7) is 1.81. The Bertz CT molecular complexity index is 471. The third-order valence-corrected chi connectivity index (χ3v) is 4.06. The summed E-state index contributed by atoms with van der Waals surface area (Å²) in [6, 6.07) is 5.11. The van der Waals surface area contributed by atoms with Gasteiger partial charge in [-0.2, -0.15) is 0 Å². The van der Waals surface area contributed by atoms with Crippen molar-refractivity contribution in [2.45, 2.75) is 29.9 Å². The first kappa shape index (κ1) is 14.3. The lowest BCUT2D eigenvalue weighted by Crippen LogP contribution is -2.25. The molecule has 0 saturated carbocycles. The van der Waals surface area contributed by atoms with Crippen LogP contribution in [0.2, 0.25) is 0 Å². The van der Waals surface area contributed by atoms with Crippen LogP contribution >= 0.6 is 0 Å². The normalized spacial score (nSPS) is 13.8. The summed E-state index contributed by atoms with van der Waals surface area (Å²) >= 11 is 0. The Morgan fingerprint density at radius 3 is 2.39 bits per heavy atom. The maximum Gasteiger partial charge on any atom is 0.319 e. The number of carboxylic acids is 1. The Morgan fingerprint density at radius 2 is 2.00 bits per heavy atom. The van der Waals surface area contributed by atoms with E-state index in [4.69, 9.17) is 5.11 Å². The molecule has 1 aromatic carbocycles. The highest BCUT2D eigenvalue weighted by molar-refractivity contribution is 7.86. The Labute approximate surface area is 106 Å². The number of aliphatic carboxylic acids is 1. The van der Waals surface area contributed by atoms with Crippen molar-refractivity contribution in [2.24, 2.45) is 0 Å². The van der Waals surface area contributed by atoms with E-state index in [1.807, 2.05) is 6.92 Å². The number of non-ortho nitro benzene ring substituents is 1. The van der Waals surface area contributed by atoms with Crippen LogP contribution in [-0.4, -0.2) is 25.5 Å². The van der Waals surface area contributed by atoms with Gasteiger partial charge in [0, 0.05) is 17.0 Å². The maximum absolute atomic E-state index is 12.0. The van der Waals surface area contributed by atoms with Crippen LogP contribution in [-0.2, 0) is 15.6 Å². The molecule has 2 unspecified atom stereocenters. The smallest absolute Gasteiger partial charge is 0.319 e. The first-order chi connectivity index (χ1) is 8.47. The standard InChI is InChI=1S/C11H13NO5S/c1-2-3-10(11(13)14)18(17)9-6-4-8(5-7-9)12(15)16/h4-7,10H,2-3H2,1H3,(H,13,14). The number of nitro benzene ring substituents is 1. The van der Waals surface area contributed by atoms with Crippen LogP contribution in [0.25, 0.3) is 0 Å². The van der Waals surface area contributed by atoms with Gasteiger partial charge in [0.15, 0.2) is 0 Å². The molecule has 1 rings (SSSR count). The number of benzene rings is 1. The highest BCUT2D eigenvalue weighted by Crippen LogP contribution is 2.19. The topological polar surface area (TPSA) is 97.5 Å². The molecule has 0 heterocycles. The fraction of sp³-hybridized carbons (Fsp3) is 0.364. The Morgan fingerprint density at radius 1 is 1.44 bits per heavy atom. The monoisotopic (exact) mass is 271 g/mol. The summed E-state index contributed by atoms with van der Waals surface area (Å²) in [6.07, 6.45) is 0.911. The molecule has 98 valence electrons. The highest BCUT2D eigenvalue weighted by Gasteiger charge is 2.25. The van der Waals surface area contributed by atoms with Gasteiger partial charge >= 0.3 is 5.97 Å². The van der Waals surface area contributed by atoms with Gasteiger partial charge in [0.1, 0.15) is 5.25 Å². The van der Waals surface area contributed by atoms with Crippen LogP contribution < -0.4 is 0 Å². The van der Waals surface area contributed by atoms with E-state index in [0.717, 1.165) is 0 Å². The lowest BCUT2D eigenvalue weighted by atomic mass is 10.2. The second-order valence-electron chi connectivity index (χ2n) is 3.66. The third kappa shape index (κ3) is 3.36. The van der Waals surface area contributed by atoms with Crippen LogP contribution in [0.4, 0.5) is 5.69 Å². The van der Waals surface area contributed by atoms with Crippen molar-refractivity contribution in [1.29, 1.82) is 0 Å². The van der Waals surface area contributed by atoms with Gasteiger partial charge in [0.25, 0.3) is 5.69 Å². The van der Waals surface area contributed by atoms with Crippen LogP contribution in [0.1, 0.15) is 19.8 Å². The summed E-state index contributed by atoms with van der Waals surface area (Å²) in [5.41, 5.74) is -0.113. The molecule has 0 amide bonds. The molecule has 0 spiro atoms. The summed E-state index contributed by atoms with van der Waals surface area (Å²) in [7, 11) is -1.69. The minimum atomic E-state index is -1.69. The Kier molecular flexibility index (Phi) is 4.96. The molecule has 7 heteroatoms. The van der Waals surface area contributed by atoms with E-state index in [2.05, 4.69) is 0 Å². The molecule has 0 aromatic heterocycles. The molecule has 1 N–H and O–H groups in total. The van der Waals surface area contributed by atoms with Gasteiger partial charge in [-0.05, 0) is 18.6 Å². The van der Waals surface area contributed by atoms with E-state index in [-0.39, 0.29) is 5.69 Å². The highest BCUT2D eigenvalue weighted by atomic mass is 32.2. The van der Waals surface area contributed by atoms with E-state index in [1.54, 1.807) is 0 Å². The van der Waals surface area contributed by atoms with E-state index in [1.165, 1.54) is 24.3 Å². The summed E-state index contributed by atoms with van der Waals surface area (Å²) in [5.74, 6) is -1.12. The van der Waals surface area contributed by atoms with Crippen LogP contribution in [0.3, 0.4) is 0 Å². The Hall–Kier alpha value is -1.76. The SMILES string of the molecule is CCCC(C(=O)O)S(=O)c1ccc([N+](=O)[O-])cc1. The van der Waals surface area contributed by atoms with Gasteiger partial charge in [-0.3, -0.25) is 19.1 Å². The molecule has 0 aliphatic rings. The molecule has 0 radical (unpaired) electrons. The first-order valence-electron chi connectivity index (χ1n) is 5.35. The van der Waals surface area contributed by atoms with Crippen molar-refractivity contribution in [3.05, 3.63) is 34.4 Å². The molecule has 0 fully saturated rings. The minimum Gasteiger partial charge on any atom is -0.480 e. The molecule has 0 aliphatic carbocycles. The predicted octanol–water partition coefficient (Wildman–Crippen LogP) is 1.96. The predicted molar refractivity (Wildman–Crippen MR) is 65.8 cm³/mol. The molecular formula is C11H13NO5S. The van der Waals surface area contributed by atoms with Crippen molar-refractivity contribution < 1.29 is 19.0 Å². The lowest BCUT2D eigenvalue weighted by Gasteiger charge is -2.10. The third-order valence-electron chi connectivity index (χ3n) is 2.36.